The maximum absolute atomic E-state index is 10.3. The monoisotopic (exact) mass is 339 g/mol. The van der Waals surface area contributed by atoms with Crippen molar-refractivity contribution in [3.05, 3.63) is 12.7 Å². The molecule has 10 heteroatoms. The molecule has 2 aromatic heterocycles. The van der Waals surface area contributed by atoms with Crippen molar-refractivity contribution >= 4 is 11.2 Å². The minimum Gasteiger partial charge on any atom is -0.492 e. The molecule has 0 unspecified atom stereocenters. The highest BCUT2D eigenvalue weighted by Gasteiger charge is 2.44. The number of aliphatic hydroxyl groups is 2. The van der Waals surface area contributed by atoms with Gasteiger partial charge in [0.25, 0.3) is 0 Å². The fraction of sp³-hybridized carbons (Fsp3) is 0.643. The number of nitrogens with two attached hydrogens (primary N) is 1. The number of imidazole rings is 1. The van der Waals surface area contributed by atoms with E-state index in [2.05, 4.69) is 15.0 Å². The smallest absolute Gasteiger partial charge is 0.242 e. The molecule has 2 aromatic rings. The van der Waals surface area contributed by atoms with Gasteiger partial charge in [0.05, 0.1) is 12.9 Å². The van der Waals surface area contributed by atoms with Gasteiger partial charge in [-0.05, 0) is 19.4 Å². The van der Waals surface area contributed by atoms with Crippen LogP contribution in [0.1, 0.15) is 19.1 Å². The van der Waals surface area contributed by atoms with Gasteiger partial charge in [-0.25, -0.2) is 9.97 Å². The van der Waals surface area contributed by atoms with E-state index in [9.17, 15) is 15.3 Å². The van der Waals surface area contributed by atoms with Crippen LogP contribution in [0.3, 0.4) is 0 Å². The van der Waals surface area contributed by atoms with Gasteiger partial charge in [0.2, 0.25) is 5.88 Å². The van der Waals surface area contributed by atoms with Gasteiger partial charge in [-0.3, -0.25) is 4.57 Å². The highest BCUT2D eigenvalue weighted by atomic mass is 16.6. The fourth-order valence-electron chi connectivity index (χ4n) is 2.67. The van der Waals surface area contributed by atoms with Gasteiger partial charge in [-0.2, -0.15) is 4.98 Å². The lowest BCUT2D eigenvalue weighted by Gasteiger charge is -2.16. The van der Waals surface area contributed by atoms with Crippen LogP contribution in [0, 0.1) is 0 Å². The van der Waals surface area contributed by atoms with Crippen LogP contribution in [-0.4, -0.2) is 72.9 Å². The molecule has 1 fully saturated rings. The van der Waals surface area contributed by atoms with Gasteiger partial charge in [0.1, 0.15) is 24.6 Å². The molecular formula is C14H21N5O5. The Kier molecular flexibility index (Phi) is 5.21. The summed E-state index contributed by atoms with van der Waals surface area (Å²) in [5, 5.41) is 30.1. The molecule has 5 N–H and O–H groups in total. The first kappa shape index (κ1) is 17.0. The van der Waals surface area contributed by atoms with Crippen molar-refractivity contribution in [3.63, 3.8) is 0 Å². The Balaban J connectivity index is 1.69. The summed E-state index contributed by atoms with van der Waals surface area (Å²) in [5.74, 6) is -0.258. The highest BCUT2D eigenvalue weighted by molar-refractivity contribution is 5.75. The first-order chi connectivity index (χ1) is 11.6. The van der Waals surface area contributed by atoms with Crippen molar-refractivity contribution in [1.82, 2.24) is 19.5 Å². The summed E-state index contributed by atoms with van der Waals surface area (Å²) in [7, 11) is 0. The van der Waals surface area contributed by atoms with Gasteiger partial charge in [0, 0.05) is 6.61 Å². The molecule has 1 aliphatic rings. The maximum atomic E-state index is 10.3. The predicted octanol–water partition coefficient (Wildman–Crippen LogP) is -1.09. The molecule has 132 valence electrons. The molecule has 0 saturated carbocycles. The third-order valence-corrected chi connectivity index (χ3v) is 3.98. The van der Waals surface area contributed by atoms with E-state index in [0.717, 1.165) is 12.8 Å². The topological polar surface area (TPSA) is 149 Å². The van der Waals surface area contributed by atoms with E-state index in [1.54, 1.807) is 0 Å². The number of hydrogen-bond donors (Lipinski definition) is 4. The van der Waals surface area contributed by atoms with Gasteiger partial charge in [-0.15, -0.1) is 0 Å². The zero-order chi connectivity index (χ0) is 17.1. The Bertz CT molecular complexity index is 681. The zero-order valence-corrected chi connectivity index (χ0v) is 13.0. The minimum atomic E-state index is -1.17. The van der Waals surface area contributed by atoms with Crippen LogP contribution in [0.4, 0.5) is 0 Å². The molecule has 3 heterocycles. The first-order valence-electron chi connectivity index (χ1n) is 7.79. The summed E-state index contributed by atoms with van der Waals surface area (Å²) in [6.45, 7) is 1.28. The van der Waals surface area contributed by atoms with E-state index in [1.165, 1.54) is 17.2 Å². The lowest BCUT2D eigenvalue weighted by molar-refractivity contribution is -0.0656. The number of unbranched alkanes of at least 4 members (excludes halogenated alkanes) is 1. The number of aliphatic hydroxyl groups excluding tert-OH is 2. The molecule has 1 aliphatic heterocycles. The molecule has 24 heavy (non-hydrogen) atoms. The van der Waals surface area contributed by atoms with Crippen molar-refractivity contribution in [2.45, 2.75) is 37.4 Å². The lowest BCUT2D eigenvalue weighted by Crippen LogP contribution is -2.34. The summed E-state index contributed by atoms with van der Waals surface area (Å²) in [6, 6.07) is 0. The fourth-order valence-corrected chi connectivity index (χ4v) is 2.67. The second-order valence-electron chi connectivity index (χ2n) is 5.64. The van der Waals surface area contributed by atoms with Crippen LogP contribution < -0.4 is 5.73 Å². The Morgan fingerprint density at radius 2 is 2.04 bits per heavy atom. The number of nitrogens with zero attached hydrogens (tertiary/aromatic N) is 4. The van der Waals surface area contributed by atoms with Crippen LogP contribution in [0.25, 0.3) is 11.2 Å². The Morgan fingerprint density at radius 1 is 1.21 bits per heavy atom. The van der Waals surface area contributed by atoms with Crippen LogP contribution in [-0.2, 0) is 9.47 Å². The summed E-state index contributed by atoms with van der Waals surface area (Å²) in [5.41, 5.74) is 5.92. The molecule has 0 aromatic carbocycles. The molecule has 10 nitrogen and oxygen atoms in total. The number of hydrogen-bond acceptors (Lipinski definition) is 9. The molecule has 0 aliphatic carbocycles. The van der Waals surface area contributed by atoms with Crippen LogP contribution in [0.5, 0.6) is 5.88 Å². The maximum Gasteiger partial charge on any atom is 0.242 e. The second-order valence-corrected chi connectivity index (χ2v) is 5.64. The van der Waals surface area contributed by atoms with Crippen molar-refractivity contribution in [1.29, 1.82) is 0 Å². The molecule has 3 rings (SSSR count). The molecule has 0 bridgehead atoms. The van der Waals surface area contributed by atoms with Crippen LogP contribution >= 0.6 is 0 Å². The van der Waals surface area contributed by atoms with Crippen LogP contribution in [0.2, 0.25) is 0 Å². The standard InChI is InChI=1S/C14H21N5O5/c15-3-1-2-4-23-5-8-10(20)11(21)14(24-8)19-7-18-9-12(19)16-6-17-13(9)22/h6-8,10-11,14,20-21H,1-5,15H2,(H,16,17,22)/t8-,10-,11-,14-/m1/s1. The van der Waals surface area contributed by atoms with Gasteiger partial charge >= 0.3 is 0 Å². The quantitative estimate of drug-likeness (QED) is 0.461. The van der Waals surface area contributed by atoms with E-state index in [4.69, 9.17) is 15.2 Å². The Morgan fingerprint density at radius 3 is 2.83 bits per heavy atom. The van der Waals surface area contributed by atoms with E-state index < -0.39 is 24.5 Å². The second kappa shape index (κ2) is 7.36. The Labute approximate surface area is 137 Å². The van der Waals surface area contributed by atoms with Gasteiger partial charge < -0.3 is 30.5 Å². The number of ether oxygens (including phenoxy) is 2. The largest absolute Gasteiger partial charge is 0.492 e. The average Bonchev–Trinajstić information content (AvgIpc) is 3.12. The summed E-state index contributed by atoms with van der Waals surface area (Å²) in [6.07, 6.45) is 0.440. The van der Waals surface area contributed by atoms with Crippen molar-refractivity contribution in [3.8, 4) is 5.88 Å². The van der Waals surface area contributed by atoms with E-state index >= 15 is 0 Å². The zero-order valence-electron chi connectivity index (χ0n) is 13.0. The van der Waals surface area contributed by atoms with Crippen LogP contribution in [0.15, 0.2) is 12.7 Å². The van der Waals surface area contributed by atoms with Gasteiger partial charge in [-0.1, -0.05) is 0 Å². The summed E-state index contributed by atoms with van der Waals surface area (Å²) in [4.78, 5) is 11.7. The number of fused-ring (bicyclic) bond motifs is 1. The number of rotatable bonds is 7. The highest BCUT2D eigenvalue weighted by Crippen LogP contribution is 2.32. The van der Waals surface area contributed by atoms with Crippen molar-refractivity contribution in [2.24, 2.45) is 5.73 Å². The average molecular weight is 339 g/mol. The lowest BCUT2D eigenvalue weighted by atomic mass is 10.1. The van der Waals surface area contributed by atoms with E-state index in [1.807, 2.05) is 0 Å². The first-order valence-corrected chi connectivity index (χ1v) is 7.79. The third-order valence-electron chi connectivity index (χ3n) is 3.98. The third kappa shape index (κ3) is 3.19. The SMILES string of the molecule is NCCCCOC[C@H]1O[C@@H](n2cnc3c(O)ncnc32)[C@H](O)[C@@H]1O. The summed E-state index contributed by atoms with van der Waals surface area (Å²) < 4.78 is 12.6. The Hall–Kier alpha value is -1.85. The van der Waals surface area contributed by atoms with Crippen molar-refractivity contribution in [2.75, 3.05) is 19.8 Å². The molecule has 0 amide bonds. The molecule has 0 radical (unpaired) electrons. The summed E-state index contributed by atoms with van der Waals surface area (Å²) >= 11 is 0. The number of aromatic nitrogens is 4. The van der Waals surface area contributed by atoms with Gasteiger partial charge in [0.15, 0.2) is 17.4 Å². The van der Waals surface area contributed by atoms with E-state index in [0.29, 0.717) is 18.8 Å². The molecular weight excluding hydrogens is 318 g/mol. The predicted molar refractivity (Wildman–Crippen MR) is 82.0 cm³/mol. The van der Waals surface area contributed by atoms with E-state index in [-0.39, 0.29) is 18.0 Å². The normalized spacial score (nSPS) is 27.1. The molecule has 4 atom stereocenters. The number of aromatic hydroxyl groups is 1. The molecule has 0 spiro atoms. The molecule has 1 saturated heterocycles. The van der Waals surface area contributed by atoms with Crippen molar-refractivity contribution < 1.29 is 24.8 Å². The minimum absolute atomic E-state index is 0.159.